The molecule has 0 saturated carbocycles. The fourth-order valence-electron chi connectivity index (χ4n) is 1.01. The second-order valence-corrected chi connectivity index (χ2v) is 5.43. The average Bonchev–Trinajstić information content (AvgIpc) is 2.24. The molecule has 0 spiro atoms. The third kappa shape index (κ3) is 6.10. The molecule has 0 fully saturated rings. The number of hydrogen-bond acceptors (Lipinski definition) is 5. The van der Waals surface area contributed by atoms with E-state index < -0.39 is 23.1 Å². The average molecular weight is 281 g/mol. The lowest BCUT2D eigenvalue weighted by atomic mass is 9.88. The molecule has 0 N–H and O–H groups in total. The molecule has 0 amide bonds. The van der Waals surface area contributed by atoms with Gasteiger partial charge in [-0.15, -0.1) is 0 Å². The second kappa shape index (κ2) is 6.83. The van der Waals surface area contributed by atoms with Crippen LogP contribution in [-0.4, -0.2) is 30.4 Å². The van der Waals surface area contributed by atoms with Gasteiger partial charge in [-0.25, -0.2) is 4.79 Å². The molecule has 0 rings (SSSR count). The van der Waals surface area contributed by atoms with Crippen molar-refractivity contribution in [3.05, 3.63) is 0 Å². The van der Waals surface area contributed by atoms with E-state index in [1.54, 1.807) is 27.7 Å². The third-order valence-corrected chi connectivity index (χ3v) is 2.46. The lowest BCUT2D eigenvalue weighted by Crippen LogP contribution is -2.39. The maximum Gasteiger partial charge on any atom is 0.509 e. The molecular weight excluding hydrogens is 260 g/mol. The molecule has 0 aliphatic heterocycles. The van der Waals surface area contributed by atoms with Crippen LogP contribution < -0.4 is 0 Å². The van der Waals surface area contributed by atoms with Crippen molar-refractivity contribution in [3.8, 4) is 0 Å². The first-order valence-electron chi connectivity index (χ1n) is 5.73. The van der Waals surface area contributed by atoms with E-state index in [1.807, 2.05) is 6.92 Å². The summed E-state index contributed by atoms with van der Waals surface area (Å²) in [5.74, 6) is -0.406. The Morgan fingerprint density at radius 3 is 2.06 bits per heavy atom. The predicted molar refractivity (Wildman–Crippen MR) is 67.4 cm³/mol. The van der Waals surface area contributed by atoms with E-state index in [0.29, 0.717) is 6.42 Å². The fraction of sp³-hybridized carbons (Fsp3) is 0.833. The quantitative estimate of drug-likeness (QED) is 0.572. The highest BCUT2D eigenvalue weighted by Crippen LogP contribution is 2.26. The molecule has 0 radical (unpaired) electrons. The van der Waals surface area contributed by atoms with Gasteiger partial charge in [0.05, 0.1) is 5.41 Å². The van der Waals surface area contributed by atoms with E-state index in [2.05, 4.69) is 4.74 Å². The molecule has 0 heterocycles. The molecule has 0 bridgehead atoms. The summed E-state index contributed by atoms with van der Waals surface area (Å²) in [6, 6.07) is -0.284. The van der Waals surface area contributed by atoms with Crippen LogP contribution in [0, 0.1) is 5.41 Å². The molecule has 0 aliphatic carbocycles. The van der Waals surface area contributed by atoms with Gasteiger partial charge >= 0.3 is 12.1 Å². The van der Waals surface area contributed by atoms with E-state index in [1.165, 1.54) is 0 Å². The predicted octanol–water partition coefficient (Wildman–Crippen LogP) is 3.09. The van der Waals surface area contributed by atoms with Crippen molar-refractivity contribution < 1.29 is 23.8 Å². The maximum absolute atomic E-state index is 12.0. The molecule has 0 saturated heterocycles. The van der Waals surface area contributed by atoms with Gasteiger partial charge in [0, 0.05) is 0 Å². The van der Waals surface area contributed by atoms with Gasteiger partial charge in [-0.3, -0.25) is 4.79 Å². The largest absolute Gasteiger partial charge is 0.509 e. The maximum atomic E-state index is 12.0. The van der Waals surface area contributed by atoms with E-state index in [-0.39, 0.29) is 12.7 Å². The van der Waals surface area contributed by atoms with E-state index in [9.17, 15) is 9.59 Å². The van der Waals surface area contributed by atoms with Gasteiger partial charge in [0.25, 0.3) is 0 Å². The van der Waals surface area contributed by atoms with Crippen molar-refractivity contribution in [1.82, 2.24) is 0 Å². The molecule has 5 nitrogen and oxygen atoms in total. The Hall–Kier alpha value is -0.970. The number of rotatable bonds is 5. The lowest BCUT2D eigenvalue weighted by molar-refractivity contribution is -0.169. The molecule has 0 aromatic rings. The molecule has 1 unspecified atom stereocenters. The Balaban J connectivity index is 4.51. The van der Waals surface area contributed by atoms with Crippen molar-refractivity contribution in [2.75, 3.05) is 12.7 Å². The minimum atomic E-state index is -0.895. The summed E-state index contributed by atoms with van der Waals surface area (Å²) in [6.07, 6.45) is -0.413. The number of halogens is 1. The summed E-state index contributed by atoms with van der Waals surface area (Å²) in [5.41, 5.74) is -1.47. The molecule has 0 aliphatic rings. The number of carbonyl (C=O) groups is 2. The summed E-state index contributed by atoms with van der Waals surface area (Å²) < 4.78 is 14.5. The van der Waals surface area contributed by atoms with E-state index in [0.717, 1.165) is 0 Å². The first kappa shape index (κ1) is 17.0. The summed E-state index contributed by atoms with van der Waals surface area (Å²) in [7, 11) is 0. The van der Waals surface area contributed by atoms with Gasteiger partial charge < -0.3 is 14.2 Å². The summed E-state index contributed by atoms with van der Waals surface area (Å²) in [5, 5.41) is 0. The SMILES string of the molecule is CCC(C)(COC(=O)OCCl)C(=O)OC(C)(C)C. The third-order valence-electron chi connectivity index (χ3n) is 2.35. The van der Waals surface area contributed by atoms with Gasteiger partial charge in [0.1, 0.15) is 12.2 Å². The van der Waals surface area contributed by atoms with Crippen molar-refractivity contribution in [2.45, 2.75) is 46.6 Å². The number of hydrogen-bond donors (Lipinski definition) is 0. The van der Waals surface area contributed by atoms with Crippen LogP contribution >= 0.6 is 11.6 Å². The van der Waals surface area contributed by atoms with Crippen LogP contribution in [0.15, 0.2) is 0 Å². The van der Waals surface area contributed by atoms with Crippen LogP contribution in [-0.2, 0) is 19.0 Å². The Labute approximate surface area is 113 Å². The minimum absolute atomic E-state index is 0.103. The Kier molecular flexibility index (Phi) is 6.46. The molecule has 0 aromatic heterocycles. The smallest absolute Gasteiger partial charge is 0.459 e. The molecule has 1 atom stereocenters. The highest BCUT2D eigenvalue weighted by Gasteiger charge is 2.37. The zero-order valence-corrected chi connectivity index (χ0v) is 12.3. The molecule has 18 heavy (non-hydrogen) atoms. The lowest BCUT2D eigenvalue weighted by Gasteiger charge is -2.29. The fourth-order valence-corrected chi connectivity index (χ4v) is 1.10. The van der Waals surface area contributed by atoms with E-state index in [4.69, 9.17) is 21.1 Å². The second-order valence-electron chi connectivity index (χ2n) is 5.21. The van der Waals surface area contributed by atoms with Gasteiger partial charge in [-0.05, 0) is 34.1 Å². The Morgan fingerprint density at radius 2 is 1.67 bits per heavy atom. The molecule has 106 valence electrons. The first-order valence-corrected chi connectivity index (χ1v) is 6.27. The monoisotopic (exact) mass is 280 g/mol. The zero-order valence-electron chi connectivity index (χ0n) is 11.5. The highest BCUT2D eigenvalue weighted by atomic mass is 35.5. The molecular formula is C12H21ClO5. The number of ether oxygens (including phenoxy) is 3. The number of carbonyl (C=O) groups excluding carboxylic acids is 2. The van der Waals surface area contributed by atoms with Crippen LogP contribution in [0.4, 0.5) is 4.79 Å². The Morgan fingerprint density at radius 1 is 1.11 bits per heavy atom. The van der Waals surface area contributed by atoms with Crippen LogP contribution in [0.2, 0.25) is 0 Å². The van der Waals surface area contributed by atoms with Gasteiger partial charge in [0.15, 0.2) is 6.07 Å². The summed E-state index contributed by atoms with van der Waals surface area (Å²) >= 11 is 5.22. The zero-order chi connectivity index (χ0) is 14.4. The highest BCUT2D eigenvalue weighted by molar-refractivity contribution is 6.17. The summed E-state index contributed by atoms with van der Waals surface area (Å²) in [6.45, 7) is 8.74. The van der Waals surface area contributed by atoms with Crippen LogP contribution in [0.3, 0.4) is 0 Å². The molecule has 6 heteroatoms. The van der Waals surface area contributed by atoms with Crippen LogP contribution in [0.5, 0.6) is 0 Å². The minimum Gasteiger partial charge on any atom is -0.459 e. The number of alkyl halides is 1. The Bertz CT molecular complexity index is 297. The van der Waals surface area contributed by atoms with Crippen LogP contribution in [0.1, 0.15) is 41.0 Å². The topological polar surface area (TPSA) is 61.8 Å². The van der Waals surface area contributed by atoms with Crippen molar-refractivity contribution in [2.24, 2.45) is 5.41 Å². The van der Waals surface area contributed by atoms with Crippen molar-refractivity contribution in [1.29, 1.82) is 0 Å². The van der Waals surface area contributed by atoms with Crippen molar-refractivity contribution in [3.63, 3.8) is 0 Å². The first-order chi connectivity index (χ1) is 8.14. The normalized spacial score (nSPS) is 14.6. The standard InChI is InChI=1S/C12H21ClO5/c1-6-12(5,7-16-10(15)17-8-13)9(14)18-11(2,3)4/h6-8H2,1-5H3. The summed E-state index contributed by atoms with van der Waals surface area (Å²) in [4.78, 5) is 23.0. The van der Waals surface area contributed by atoms with E-state index >= 15 is 0 Å². The van der Waals surface area contributed by atoms with Gasteiger partial charge in [-0.2, -0.15) is 0 Å². The van der Waals surface area contributed by atoms with Gasteiger partial charge in [-0.1, -0.05) is 18.5 Å². The van der Waals surface area contributed by atoms with Crippen molar-refractivity contribution >= 4 is 23.7 Å². The number of esters is 1. The molecule has 0 aromatic carbocycles. The van der Waals surface area contributed by atoms with Gasteiger partial charge in [0.2, 0.25) is 0 Å². The van der Waals surface area contributed by atoms with Crippen LogP contribution in [0.25, 0.3) is 0 Å².